The second-order valence-electron chi connectivity index (χ2n) is 28.0. The highest BCUT2D eigenvalue weighted by molar-refractivity contribution is 9.10. The molecule has 11 rings (SSSR count). The molecule has 1 saturated heterocycles. The first-order valence-corrected chi connectivity index (χ1v) is 34.7. The van der Waals surface area contributed by atoms with Crippen molar-refractivity contribution in [1.82, 2.24) is 53.7 Å². The Balaban J connectivity index is 0.000000172. The van der Waals surface area contributed by atoms with E-state index < -0.39 is 18.3 Å². The van der Waals surface area contributed by atoms with Crippen LogP contribution < -0.4 is 5.73 Å². The highest BCUT2D eigenvalue weighted by atomic mass is 79.9. The van der Waals surface area contributed by atoms with Crippen LogP contribution in [0.3, 0.4) is 0 Å². The summed E-state index contributed by atoms with van der Waals surface area (Å²) in [5, 5.41) is 17.9. The molecule has 3 aliphatic rings. The number of anilines is 1. The van der Waals surface area contributed by atoms with E-state index in [0.717, 1.165) is 83.7 Å². The maximum Gasteiger partial charge on any atom is 0.483 e. The van der Waals surface area contributed by atoms with Crippen molar-refractivity contribution < 1.29 is 29.1 Å². The molecular weight excluding hydrogens is 1280 g/mol. The second kappa shape index (κ2) is 34.3. The number of nitrogen functional groups attached to an aromatic ring is 1. The number of rotatable bonds is 14. The van der Waals surface area contributed by atoms with Crippen LogP contribution in [-0.4, -0.2) is 141 Å². The summed E-state index contributed by atoms with van der Waals surface area (Å²) in [6.45, 7) is 30.3. The van der Waals surface area contributed by atoms with Gasteiger partial charge in [0, 0.05) is 108 Å². The number of piperidine rings is 1. The van der Waals surface area contributed by atoms with Crippen LogP contribution >= 0.6 is 15.9 Å². The van der Waals surface area contributed by atoms with Crippen LogP contribution in [0.15, 0.2) is 138 Å². The average Bonchev–Trinajstić information content (AvgIpc) is 1.66. The van der Waals surface area contributed by atoms with E-state index in [1.54, 1.807) is 11.0 Å². The van der Waals surface area contributed by atoms with Crippen molar-refractivity contribution in [1.29, 1.82) is 0 Å². The van der Waals surface area contributed by atoms with Gasteiger partial charge in [0.05, 0.1) is 0 Å². The van der Waals surface area contributed by atoms with E-state index in [9.17, 15) is 9.59 Å². The maximum absolute atomic E-state index is 12.3. The van der Waals surface area contributed by atoms with Gasteiger partial charge in [-0.3, -0.25) is 15.0 Å². The van der Waals surface area contributed by atoms with Gasteiger partial charge in [-0.2, -0.15) is 0 Å². The normalized spacial score (nSPS) is 14.4. The molecule has 11 heterocycles. The van der Waals surface area contributed by atoms with Gasteiger partial charge in [-0.05, 0) is 325 Å². The Kier molecular flexibility index (Phi) is 26.3. The van der Waals surface area contributed by atoms with Gasteiger partial charge in [0.25, 0.3) is 0 Å². The summed E-state index contributed by atoms with van der Waals surface area (Å²) in [6.07, 6.45) is 23.9. The number of ether oxygens (including phenoxy) is 2. The first-order chi connectivity index (χ1) is 46.0. The molecule has 0 bridgehead atoms. The molecule has 0 atom stereocenters. The van der Waals surface area contributed by atoms with Gasteiger partial charge in [0.1, 0.15) is 28.7 Å². The summed E-state index contributed by atoms with van der Waals surface area (Å²) in [5.41, 5.74) is 24.6. The molecule has 3 aliphatic heterocycles. The zero-order valence-electron chi connectivity index (χ0n) is 59.5. The van der Waals surface area contributed by atoms with Gasteiger partial charge in [0.2, 0.25) is 0 Å². The molecule has 514 valence electrons. The third kappa shape index (κ3) is 23.2. The lowest BCUT2D eigenvalue weighted by molar-refractivity contribution is 0.0257. The van der Waals surface area contributed by atoms with E-state index in [0.29, 0.717) is 49.8 Å². The molecule has 0 unspecified atom stereocenters. The quantitative estimate of drug-likeness (QED) is 0.0864. The number of pyridine rings is 6. The smallest absolute Gasteiger partial charge is 0.444 e. The molecule has 0 radical (unpaired) electrons. The van der Waals surface area contributed by atoms with Crippen LogP contribution in [0.25, 0.3) is 17.2 Å². The number of carbonyl (C=O) groups excluding carboxylic acids is 2. The van der Waals surface area contributed by atoms with Crippen LogP contribution in [0, 0.1) is 48.5 Å². The summed E-state index contributed by atoms with van der Waals surface area (Å²) in [6, 6.07) is 27.8. The lowest BCUT2D eigenvalue weighted by Crippen LogP contribution is -2.40. The summed E-state index contributed by atoms with van der Waals surface area (Å²) in [7, 11) is 0.784. The van der Waals surface area contributed by atoms with Crippen molar-refractivity contribution in [2.45, 2.75) is 171 Å². The fourth-order valence-corrected chi connectivity index (χ4v) is 12.5. The van der Waals surface area contributed by atoms with E-state index in [-0.39, 0.29) is 12.2 Å². The number of hydrogen-bond donors (Lipinski definition) is 3. The number of aromatic nitrogens is 8. The molecule has 18 nitrogen and oxygen atoms in total. The van der Waals surface area contributed by atoms with Crippen molar-refractivity contribution in [3.05, 3.63) is 223 Å². The van der Waals surface area contributed by atoms with E-state index in [2.05, 4.69) is 184 Å². The first kappa shape index (κ1) is 74.5. The molecule has 97 heavy (non-hydrogen) atoms. The Bertz CT molecular complexity index is 3970. The molecule has 20 heteroatoms. The number of halogens is 1. The third-order valence-corrected chi connectivity index (χ3v) is 17.5. The lowest BCUT2D eigenvalue weighted by Gasteiger charge is -2.29. The van der Waals surface area contributed by atoms with Crippen LogP contribution in [0.2, 0.25) is 0 Å². The molecule has 8 aromatic heterocycles. The van der Waals surface area contributed by atoms with E-state index in [1.165, 1.54) is 98.1 Å². The highest BCUT2D eigenvalue weighted by Gasteiger charge is 2.28. The van der Waals surface area contributed by atoms with Crippen molar-refractivity contribution in [2.24, 2.45) is 0 Å². The topological polar surface area (TPSA) is 216 Å². The van der Waals surface area contributed by atoms with Gasteiger partial charge in [-0.15, -0.1) is 0 Å². The Labute approximate surface area is 583 Å². The fraction of sp³-hybridized carbons (Fsp3) is 0.429. The van der Waals surface area contributed by atoms with Crippen molar-refractivity contribution >= 4 is 46.6 Å². The molecule has 0 aromatic carbocycles. The monoisotopic (exact) mass is 1380 g/mol. The van der Waals surface area contributed by atoms with Crippen LogP contribution in [-0.2, 0) is 48.0 Å². The average molecular weight is 1380 g/mol. The predicted octanol–water partition coefficient (Wildman–Crippen LogP) is 14.3. The number of likely N-dealkylation sites (tertiary alicyclic amines) is 1. The number of hydrogen-bond acceptors (Lipinski definition) is 14. The number of aryl methyl sites for hydroxylation is 13. The summed E-state index contributed by atoms with van der Waals surface area (Å²) < 4.78 is 16.1. The van der Waals surface area contributed by atoms with E-state index in [4.69, 9.17) is 35.2 Å². The van der Waals surface area contributed by atoms with Crippen molar-refractivity contribution in [2.75, 3.05) is 52.0 Å². The zero-order chi connectivity index (χ0) is 70.1. The standard InChI is InChI=1S/C29H36N4O2.C19H20BrN3.C19H26N4.C10H18BNO4/c1-20-15-26(31-27(16-20)33-21(2)7-8-22(33)3)10-9-23-17-25(19-30-18-23)24-11-13-32(14-12-24)28(34)35-29(4,5)6;1-13-8-18(7-6-16-10-17(20)12-21-11-16)22-19(9-13)23-14(2)4-5-15(23)3;1-14-9-18(22-19(20)10-14)4-3-15-11-17(13-21-12-15)16-5-7-23(2)8-6-16;1-10(2,3)16-9(13)12-6-4-8(5-7-12)11(14)15/h7-8,11,15-19H,9-10,12-14H2,1-6H3;4-5,8-12H,6-7H2,1-3H3;9-13,16H,3-8H2,1-2H3,(H2,20,22);4,14-15H,5-7H2,1-3H3. The van der Waals surface area contributed by atoms with Gasteiger partial charge in [-0.1, -0.05) is 18.2 Å². The SMILES string of the molecule is CC(C)(C)OC(=O)N1CC=C(B(O)O)CC1.Cc1cc(CCc2cncc(Br)c2)nc(-n2c(C)ccc2C)c1.Cc1cc(CCc2cncc(C3=CCN(C(=O)OC(C)(C)C)CC3)c2)nc(-n2c(C)ccc2C)c1.Cc1cc(N)nc(CCc2cncc(C3CCN(C)CC3)c2)c1. The second-order valence-corrected chi connectivity index (χ2v) is 28.9. The molecular formula is C77H100BBrN12O6. The Morgan fingerprint density at radius 2 is 0.990 bits per heavy atom. The molecule has 2 amide bonds. The van der Waals surface area contributed by atoms with Crippen molar-refractivity contribution in [3.63, 3.8) is 0 Å². The van der Waals surface area contributed by atoms with E-state index in [1.807, 2.05) is 84.8 Å². The maximum atomic E-state index is 12.3. The molecule has 0 aliphatic carbocycles. The Morgan fingerprint density at radius 3 is 1.43 bits per heavy atom. The number of nitrogens with zero attached hydrogens (tertiary/aromatic N) is 11. The van der Waals surface area contributed by atoms with Gasteiger partial charge >= 0.3 is 19.3 Å². The predicted molar refractivity (Wildman–Crippen MR) is 392 cm³/mol. The van der Waals surface area contributed by atoms with Crippen LogP contribution in [0.5, 0.6) is 0 Å². The van der Waals surface area contributed by atoms with Gasteiger partial charge in [0.15, 0.2) is 0 Å². The number of nitrogens with two attached hydrogens (primary N) is 1. The molecule has 1 fully saturated rings. The highest BCUT2D eigenvalue weighted by Crippen LogP contribution is 2.29. The van der Waals surface area contributed by atoms with E-state index >= 15 is 0 Å². The fourth-order valence-electron chi connectivity index (χ4n) is 12.1. The lowest BCUT2D eigenvalue weighted by atomic mass is 9.76. The Morgan fingerprint density at radius 1 is 0.546 bits per heavy atom. The molecule has 8 aromatic rings. The number of carbonyl (C=O) groups is 2. The minimum absolute atomic E-state index is 0.255. The first-order valence-electron chi connectivity index (χ1n) is 33.9. The van der Waals surface area contributed by atoms with Crippen molar-refractivity contribution in [3.8, 4) is 11.6 Å². The summed E-state index contributed by atoms with van der Waals surface area (Å²) in [4.78, 5) is 57.1. The molecule has 4 N–H and O–H groups in total. The zero-order valence-corrected chi connectivity index (χ0v) is 61.1. The summed E-state index contributed by atoms with van der Waals surface area (Å²) >= 11 is 3.47. The summed E-state index contributed by atoms with van der Waals surface area (Å²) in [5.74, 6) is 3.26. The third-order valence-electron chi connectivity index (χ3n) is 17.1. The number of amides is 2. The van der Waals surface area contributed by atoms with Gasteiger partial charge < -0.3 is 49.1 Å². The minimum Gasteiger partial charge on any atom is -0.444 e. The van der Waals surface area contributed by atoms with Gasteiger partial charge in [-0.25, -0.2) is 24.5 Å². The van der Waals surface area contributed by atoms with Crippen LogP contribution in [0.4, 0.5) is 15.4 Å². The largest absolute Gasteiger partial charge is 0.483 e. The minimum atomic E-state index is -1.42. The molecule has 0 spiro atoms. The van der Waals surface area contributed by atoms with Crippen LogP contribution in [0.1, 0.15) is 158 Å². The Hall–Kier alpha value is -8.30. The molecule has 0 saturated carbocycles.